The van der Waals surface area contributed by atoms with Gasteiger partial charge >= 0.3 is 0 Å². The summed E-state index contributed by atoms with van der Waals surface area (Å²) in [5.74, 6) is 1.61. The van der Waals surface area contributed by atoms with E-state index in [9.17, 15) is 0 Å². The first-order chi connectivity index (χ1) is 10.2. The van der Waals surface area contributed by atoms with Gasteiger partial charge in [0.05, 0.1) is 18.5 Å². The number of anilines is 1. The molecule has 0 unspecified atom stereocenters. The van der Waals surface area contributed by atoms with Crippen molar-refractivity contribution < 1.29 is 4.74 Å². The molecule has 0 amide bonds. The third kappa shape index (κ3) is 5.10. The van der Waals surface area contributed by atoms with Crippen LogP contribution in [0.25, 0.3) is 0 Å². The molecule has 0 spiro atoms. The van der Waals surface area contributed by atoms with Crippen molar-refractivity contribution in [3.8, 4) is 0 Å². The van der Waals surface area contributed by atoms with Crippen molar-refractivity contribution in [1.82, 2.24) is 15.3 Å². The van der Waals surface area contributed by atoms with Gasteiger partial charge in [0, 0.05) is 32.9 Å². The van der Waals surface area contributed by atoms with E-state index in [-0.39, 0.29) is 0 Å². The van der Waals surface area contributed by atoms with Gasteiger partial charge in [-0.25, -0.2) is 4.98 Å². The Hall–Kier alpha value is -1.46. The lowest BCUT2D eigenvalue weighted by molar-refractivity contribution is 0.222. The summed E-state index contributed by atoms with van der Waals surface area (Å²) < 4.78 is 5.18. The first-order valence-corrected chi connectivity index (χ1v) is 7.62. The first-order valence-electron chi connectivity index (χ1n) is 7.62. The second kappa shape index (κ2) is 8.10. The van der Waals surface area contributed by atoms with Crippen LogP contribution in [-0.4, -0.2) is 43.3 Å². The fourth-order valence-corrected chi connectivity index (χ4v) is 2.36. The van der Waals surface area contributed by atoms with Gasteiger partial charge in [0.1, 0.15) is 5.82 Å². The molecule has 5 heteroatoms. The summed E-state index contributed by atoms with van der Waals surface area (Å²) in [5, 5.41) is 3.41. The standard InChI is InChI=1S/C16H26N4O/c1-13(2)8-17-9-15-10-18-11-16(19-15)20-6-4-14(5-7-20)12-21-3/h4,10-11,13,17H,5-9,12H2,1-3H3. The van der Waals surface area contributed by atoms with Crippen molar-refractivity contribution in [2.75, 3.05) is 38.3 Å². The van der Waals surface area contributed by atoms with Crippen molar-refractivity contribution in [3.05, 3.63) is 29.7 Å². The van der Waals surface area contributed by atoms with Crippen molar-refractivity contribution in [3.63, 3.8) is 0 Å². The van der Waals surface area contributed by atoms with E-state index in [2.05, 4.69) is 35.1 Å². The van der Waals surface area contributed by atoms with E-state index in [1.165, 1.54) is 5.57 Å². The Morgan fingerprint density at radius 1 is 1.38 bits per heavy atom. The first kappa shape index (κ1) is 15.9. The van der Waals surface area contributed by atoms with Crippen molar-refractivity contribution in [1.29, 1.82) is 0 Å². The molecule has 1 N–H and O–H groups in total. The summed E-state index contributed by atoms with van der Waals surface area (Å²) in [6.45, 7) is 8.78. The van der Waals surface area contributed by atoms with Crippen LogP contribution in [0, 0.1) is 5.92 Å². The molecule has 1 aromatic rings. The number of ether oxygens (including phenoxy) is 1. The van der Waals surface area contributed by atoms with E-state index < -0.39 is 0 Å². The zero-order valence-corrected chi connectivity index (χ0v) is 13.3. The van der Waals surface area contributed by atoms with E-state index in [0.29, 0.717) is 5.92 Å². The van der Waals surface area contributed by atoms with Crippen LogP contribution in [0.5, 0.6) is 0 Å². The van der Waals surface area contributed by atoms with E-state index >= 15 is 0 Å². The summed E-state index contributed by atoms with van der Waals surface area (Å²) in [6, 6.07) is 0. The fraction of sp³-hybridized carbons (Fsp3) is 0.625. The van der Waals surface area contributed by atoms with Crippen LogP contribution in [0.4, 0.5) is 5.82 Å². The third-order valence-corrected chi connectivity index (χ3v) is 3.49. The van der Waals surface area contributed by atoms with E-state index in [0.717, 1.165) is 50.7 Å². The van der Waals surface area contributed by atoms with Gasteiger partial charge < -0.3 is 15.0 Å². The third-order valence-electron chi connectivity index (χ3n) is 3.49. The number of hydrogen-bond donors (Lipinski definition) is 1. The summed E-state index contributed by atoms with van der Waals surface area (Å²) in [7, 11) is 1.74. The number of rotatable bonds is 7. The highest BCUT2D eigenvalue weighted by atomic mass is 16.5. The minimum absolute atomic E-state index is 0.646. The highest BCUT2D eigenvalue weighted by Gasteiger charge is 2.13. The molecule has 0 aromatic carbocycles. The summed E-state index contributed by atoms with van der Waals surface area (Å²) in [6.07, 6.45) is 6.96. The average Bonchev–Trinajstić information content (AvgIpc) is 2.48. The highest BCUT2D eigenvalue weighted by Crippen LogP contribution is 2.17. The van der Waals surface area contributed by atoms with Crippen LogP contribution in [0.3, 0.4) is 0 Å². The molecule has 2 rings (SSSR count). The van der Waals surface area contributed by atoms with Gasteiger partial charge in [0.2, 0.25) is 0 Å². The topological polar surface area (TPSA) is 50.3 Å². The van der Waals surface area contributed by atoms with E-state index in [1.54, 1.807) is 7.11 Å². The van der Waals surface area contributed by atoms with Gasteiger partial charge in [-0.15, -0.1) is 0 Å². The maximum Gasteiger partial charge on any atom is 0.147 e. The van der Waals surface area contributed by atoms with Crippen molar-refractivity contribution >= 4 is 5.82 Å². The summed E-state index contributed by atoms with van der Waals surface area (Å²) in [5.41, 5.74) is 2.37. The Kier molecular flexibility index (Phi) is 6.14. The molecule has 21 heavy (non-hydrogen) atoms. The maximum absolute atomic E-state index is 5.18. The average molecular weight is 290 g/mol. The van der Waals surface area contributed by atoms with Gasteiger partial charge in [-0.1, -0.05) is 19.9 Å². The Morgan fingerprint density at radius 3 is 2.90 bits per heavy atom. The molecular weight excluding hydrogens is 264 g/mol. The lowest BCUT2D eigenvalue weighted by Crippen LogP contribution is -2.30. The Balaban J connectivity index is 1.92. The Labute approximate surface area is 127 Å². The van der Waals surface area contributed by atoms with Gasteiger partial charge in [0.15, 0.2) is 0 Å². The quantitative estimate of drug-likeness (QED) is 0.778. The van der Waals surface area contributed by atoms with Crippen molar-refractivity contribution in [2.24, 2.45) is 5.92 Å². The van der Waals surface area contributed by atoms with Gasteiger partial charge in [0.25, 0.3) is 0 Å². The SMILES string of the molecule is COCC1=CCN(c2cncc(CNCC(C)C)n2)CC1. The van der Waals surface area contributed by atoms with Crippen LogP contribution >= 0.6 is 0 Å². The molecule has 116 valence electrons. The molecule has 0 radical (unpaired) electrons. The summed E-state index contributed by atoms with van der Waals surface area (Å²) in [4.78, 5) is 11.3. The maximum atomic E-state index is 5.18. The molecule has 5 nitrogen and oxygen atoms in total. The molecule has 0 saturated heterocycles. The van der Waals surface area contributed by atoms with Gasteiger partial charge in [-0.3, -0.25) is 4.98 Å². The Bertz CT molecular complexity index is 473. The molecule has 0 aliphatic carbocycles. The molecule has 1 aliphatic heterocycles. The largest absolute Gasteiger partial charge is 0.380 e. The van der Waals surface area contributed by atoms with Gasteiger partial charge in [-0.2, -0.15) is 0 Å². The summed E-state index contributed by atoms with van der Waals surface area (Å²) >= 11 is 0. The van der Waals surface area contributed by atoms with Crippen LogP contribution < -0.4 is 10.2 Å². The number of hydrogen-bond acceptors (Lipinski definition) is 5. The predicted octanol–water partition coefficient (Wildman–Crippen LogP) is 2.01. The zero-order valence-electron chi connectivity index (χ0n) is 13.3. The van der Waals surface area contributed by atoms with Crippen LogP contribution in [0.15, 0.2) is 24.0 Å². The minimum atomic E-state index is 0.646. The van der Waals surface area contributed by atoms with E-state index in [4.69, 9.17) is 9.72 Å². The van der Waals surface area contributed by atoms with Crippen molar-refractivity contribution in [2.45, 2.75) is 26.8 Å². The highest BCUT2D eigenvalue weighted by molar-refractivity contribution is 5.39. The number of nitrogens with one attached hydrogen (secondary N) is 1. The Morgan fingerprint density at radius 2 is 2.24 bits per heavy atom. The molecule has 1 aromatic heterocycles. The lowest BCUT2D eigenvalue weighted by Gasteiger charge is -2.27. The molecule has 0 atom stereocenters. The smallest absolute Gasteiger partial charge is 0.147 e. The van der Waals surface area contributed by atoms with Crippen LogP contribution in [0.1, 0.15) is 26.0 Å². The molecular formula is C16H26N4O. The number of aromatic nitrogens is 2. The molecule has 0 fully saturated rings. The zero-order chi connectivity index (χ0) is 15.1. The normalized spacial score (nSPS) is 15.4. The number of methoxy groups -OCH3 is 1. The van der Waals surface area contributed by atoms with Gasteiger partial charge in [-0.05, 0) is 24.5 Å². The number of nitrogens with zero attached hydrogens (tertiary/aromatic N) is 3. The monoisotopic (exact) mass is 290 g/mol. The second-order valence-electron chi connectivity index (χ2n) is 5.88. The van der Waals surface area contributed by atoms with Crippen LogP contribution in [0.2, 0.25) is 0 Å². The molecule has 1 aliphatic rings. The van der Waals surface area contributed by atoms with E-state index in [1.807, 2.05) is 12.4 Å². The molecule has 0 saturated carbocycles. The fourth-order valence-electron chi connectivity index (χ4n) is 2.36. The minimum Gasteiger partial charge on any atom is -0.380 e. The predicted molar refractivity (Wildman–Crippen MR) is 85.4 cm³/mol. The van der Waals surface area contributed by atoms with Crippen LogP contribution in [-0.2, 0) is 11.3 Å². The molecule has 2 heterocycles. The molecule has 0 bridgehead atoms. The lowest BCUT2D eigenvalue weighted by atomic mass is 10.1. The second-order valence-corrected chi connectivity index (χ2v) is 5.88.